The molecular weight excluding hydrogens is 369 g/mol. The van der Waals surface area contributed by atoms with E-state index in [1.54, 1.807) is 25.4 Å². The number of benzene rings is 2. The molecule has 154 valence electrons. The van der Waals surface area contributed by atoms with Gasteiger partial charge in [-0.05, 0) is 49.1 Å². The van der Waals surface area contributed by atoms with Crippen LogP contribution in [0.1, 0.15) is 38.7 Å². The first-order valence-electron chi connectivity index (χ1n) is 10.1. The van der Waals surface area contributed by atoms with Gasteiger partial charge < -0.3 is 14.2 Å². The SMILES string of the molecule is CCCC(CC)COc1cc2nccc(Oc3ccc(C)cc3F)c2cc1OC. The Hall–Kier alpha value is -2.82. The number of hydrogen-bond donors (Lipinski definition) is 0. The van der Waals surface area contributed by atoms with E-state index < -0.39 is 5.82 Å². The van der Waals surface area contributed by atoms with Crippen molar-refractivity contribution >= 4 is 10.9 Å². The Labute approximate surface area is 171 Å². The summed E-state index contributed by atoms with van der Waals surface area (Å²) in [5, 5.41) is 0.734. The molecule has 3 aromatic rings. The maximum Gasteiger partial charge on any atom is 0.165 e. The molecule has 0 saturated heterocycles. The Morgan fingerprint density at radius 2 is 1.83 bits per heavy atom. The second-order valence-electron chi connectivity index (χ2n) is 7.24. The Morgan fingerprint density at radius 1 is 1.00 bits per heavy atom. The first-order valence-corrected chi connectivity index (χ1v) is 10.1. The van der Waals surface area contributed by atoms with Crippen LogP contribution in [0.5, 0.6) is 23.0 Å². The fraction of sp³-hybridized carbons (Fsp3) is 0.375. The number of ether oxygens (including phenoxy) is 3. The number of methoxy groups -OCH3 is 1. The number of pyridine rings is 1. The predicted octanol–water partition coefficient (Wildman–Crippen LogP) is 6.69. The Kier molecular flexibility index (Phi) is 6.91. The van der Waals surface area contributed by atoms with E-state index in [1.807, 2.05) is 25.1 Å². The largest absolute Gasteiger partial charge is 0.493 e. The highest BCUT2D eigenvalue weighted by molar-refractivity contribution is 5.88. The van der Waals surface area contributed by atoms with Gasteiger partial charge in [-0.25, -0.2) is 4.39 Å². The smallest absolute Gasteiger partial charge is 0.165 e. The molecule has 0 amide bonds. The first kappa shape index (κ1) is 20.9. The number of rotatable bonds is 9. The second-order valence-corrected chi connectivity index (χ2v) is 7.24. The molecule has 0 aliphatic carbocycles. The maximum absolute atomic E-state index is 14.2. The van der Waals surface area contributed by atoms with Gasteiger partial charge in [-0.2, -0.15) is 0 Å². The van der Waals surface area contributed by atoms with Crippen LogP contribution in [-0.4, -0.2) is 18.7 Å². The van der Waals surface area contributed by atoms with Crippen molar-refractivity contribution in [2.24, 2.45) is 5.92 Å². The highest BCUT2D eigenvalue weighted by Crippen LogP contribution is 2.37. The fourth-order valence-electron chi connectivity index (χ4n) is 3.32. The summed E-state index contributed by atoms with van der Waals surface area (Å²) in [6, 6.07) is 10.3. The third-order valence-electron chi connectivity index (χ3n) is 5.04. The van der Waals surface area contributed by atoms with Crippen LogP contribution in [0.25, 0.3) is 10.9 Å². The maximum atomic E-state index is 14.2. The molecule has 3 rings (SSSR count). The average molecular weight is 397 g/mol. The van der Waals surface area contributed by atoms with Crippen LogP contribution in [0.3, 0.4) is 0 Å². The number of fused-ring (bicyclic) bond motifs is 1. The summed E-state index contributed by atoms with van der Waals surface area (Å²) < 4.78 is 31.7. The monoisotopic (exact) mass is 397 g/mol. The molecular formula is C24H28FNO3. The quantitative estimate of drug-likeness (QED) is 0.403. The van der Waals surface area contributed by atoms with E-state index in [9.17, 15) is 4.39 Å². The summed E-state index contributed by atoms with van der Waals surface area (Å²) in [5.74, 6) is 2.05. The van der Waals surface area contributed by atoms with Gasteiger partial charge in [0.15, 0.2) is 23.1 Å². The lowest BCUT2D eigenvalue weighted by Crippen LogP contribution is -2.11. The van der Waals surface area contributed by atoms with Crippen molar-refractivity contribution in [2.45, 2.75) is 40.0 Å². The molecule has 1 aromatic heterocycles. The van der Waals surface area contributed by atoms with Crippen LogP contribution < -0.4 is 14.2 Å². The van der Waals surface area contributed by atoms with E-state index in [2.05, 4.69) is 18.8 Å². The molecule has 0 fully saturated rings. The lowest BCUT2D eigenvalue weighted by Gasteiger charge is -2.18. The lowest BCUT2D eigenvalue weighted by molar-refractivity contribution is 0.226. The van der Waals surface area contributed by atoms with E-state index in [0.29, 0.717) is 35.3 Å². The summed E-state index contributed by atoms with van der Waals surface area (Å²) in [6.07, 6.45) is 4.98. The van der Waals surface area contributed by atoms with Crippen LogP contribution >= 0.6 is 0 Å². The minimum absolute atomic E-state index is 0.174. The van der Waals surface area contributed by atoms with Crippen molar-refractivity contribution in [1.29, 1.82) is 0 Å². The Morgan fingerprint density at radius 3 is 2.52 bits per heavy atom. The van der Waals surface area contributed by atoms with Crippen LogP contribution in [0.15, 0.2) is 42.6 Å². The average Bonchev–Trinajstić information content (AvgIpc) is 2.72. The third kappa shape index (κ3) is 4.97. The minimum Gasteiger partial charge on any atom is -0.493 e. The molecule has 1 atom stereocenters. The molecule has 0 N–H and O–H groups in total. The second kappa shape index (κ2) is 9.59. The lowest BCUT2D eigenvalue weighted by atomic mass is 10.0. The third-order valence-corrected chi connectivity index (χ3v) is 5.04. The van der Waals surface area contributed by atoms with Gasteiger partial charge in [-0.1, -0.05) is 32.8 Å². The molecule has 29 heavy (non-hydrogen) atoms. The number of hydrogen-bond acceptors (Lipinski definition) is 4. The number of halogens is 1. The van der Waals surface area contributed by atoms with Crippen molar-refractivity contribution in [3.63, 3.8) is 0 Å². The van der Waals surface area contributed by atoms with Crippen LogP contribution in [-0.2, 0) is 0 Å². The molecule has 0 bridgehead atoms. The standard InChI is InChI=1S/C24H28FNO3/c1-5-7-17(6-2)15-28-24-14-20-18(13-23(24)27-4)21(10-11-26-20)29-22-9-8-16(3)12-19(22)25/h8-14,17H,5-7,15H2,1-4H3. The van der Waals surface area contributed by atoms with Gasteiger partial charge in [0.05, 0.1) is 19.2 Å². The normalized spacial score (nSPS) is 12.0. The van der Waals surface area contributed by atoms with Crippen molar-refractivity contribution < 1.29 is 18.6 Å². The fourth-order valence-corrected chi connectivity index (χ4v) is 3.32. The zero-order chi connectivity index (χ0) is 20.8. The molecule has 0 aliphatic rings. The number of aromatic nitrogens is 1. The predicted molar refractivity (Wildman–Crippen MR) is 114 cm³/mol. The molecule has 0 aliphatic heterocycles. The molecule has 2 aromatic carbocycles. The van der Waals surface area contributed by atoms with Gasteiger partial charge in [0, 0.05) is 17.6 Å². The molecule has 1 heterocycles. The van der Waals surface area contributed by atoms with E-state index in [0.717, 1.165) is 30.2 Å². The molecule has 5 heteroatoms. The van der Waals surface area contributed by atoms with Crippen LogP contribution in [0.2, 0.25) is 0 Å². The van der Waals surface area contributed by atoms with Crippen LogP contribution in [0, 0.1) is 18.7 Å². The molecule has 0 spiro atoms. The van der Waals surface area contributed by atoms with Crippen molar-refractivity contribution in [3.8, 4) is 23.0 Å². The zero-order valence-corrected chi connectivity index (χ0v) is 17.5. The summed E-state index contributed by atoms with van der Waals surface area (Å²) >= 11 is 0. The minimum atomic E-state index is -0.400. The number of nitrogens with zero attached hydrogens (tertiary/aromatic N) is 1. The molecule has 4 nitrogen and oxygen atoms in total. The molecule has 0 saturated carbocycles. The zero-order valence-electron chi connectivity index (χ0n) is 17.5. The summed E-state index contributed by atoms with van der Waals surface area (Å²) in [7, 11) is 1.61. The van der Waals surface area contributed by atoms with Gasteiger partial charge in [0.1, 0.15) is 5.75 Å². The van der Waals surface area contributed by atoms with Crippen LogP contribution in [0.4, 0.5) is 4.39 Å². The topological polar surface area (TPSA) is 40.6 Å². The van der Waals surface area contributed by atoms with Gasteiger partial charge in [0.25, 0.3) is 0 Å². The summed E-state index contributed by atoms with van der Waals surface area (Å²) in [4.78, 5) is 4.43. The Bertz CT molecular complexity index is 974. The highest BCUT2D eigenvalue weighted by atomic mass is 19.1. The highest BCUT2D eigenvalue weighted by Gasteiger charge is 2.15. The van der Waals surface area contributed by atoms with E-state index in [4.69, 9.17) is 14.2 Å². The van der Waals surface area contributed by atoms with Gasteiger partial charge in [-0.15, -0.1) is 0 Å². The van der Waals surface area contributed by atoms with Gasteiger partial charge in [0.2, 0.25) is 0 Å². The van der Waals surface area contributed by atoms with E-state index in [1.165, 1.54) is 6.07 Å². The van der Waals surface area contributed by atoms with Crippen molar-refractivity contribution in [3.05, 3.63) is 54.0 Å². The van der Waals surface area contributed by atoms with Gasteiger partial charge in [-0.3, -0.25) is 4.98 Å². The first-order chi connectivity index (χ1) is 14.0. The van der Waals surface area contributed by atoms with E-state index >= 15 is 0 Å². The summed E-state index contributed by atoms with van der Waals surface area (Å²) in [6.45, 7) is 6.83. The number of aryl methyl sites for hydroxylation is 1. The van der Waals surface area contributed by atoms with Gasteiger partial charge >= 0.3 is 0 Å². The molecule has 0 radical (unpaired) electrons. The van der Waals surface area contributed by atoms with Crippen molar-refractivity contribution in [2.75, 3.05) is 13.7 Å². The van der Waals surface area contributed by atoms with Crippen molar-refractivity contribution in [1.82, 2.24) is 4.98 Å². The Balaban J connectivity index is 1.92. The van der Waals surface area contributed by atoms with E-state index in [-0.39, 0.29) is 5.75 Å². The molecule has 1 unspecified atom stereocenters. The summed E-state index contributed by atoms with van der Waals surface area (Å²) in [5.41, 5.74) is 1.54.